The highest BCUT2D eigenvalue weighted by Crippen LogP contribution is 2.25. The number of methoxy groups -OCH3 is 1. The summed E-state index contributed by atoms with van der Waals surface area (Å²) in [6, 6.07) is 0. The number of hydrogen-bond acceptors (Lipinski definition) is 5. The molecular weight excluding hydrogens is 224 g/mol. The quantitative estimate of drug-likeness (QED) is 0.685. The van der Waals surface area contributed by atoms with Crippen molar-refractivity contribution in [3.05, 3.63) is 0 Å². The molecule has 0 N–H and O–H groups in total. The molecule has 0 spiro atoms. The Balaban J connectivity index is 2.32. The molecule has 17 heavy (non-hydrogen) atoms. The summed E-state index contributed by atoms with van der Waals surface area (Å²) in [4.78, 5) is 22.4. The van der Waals surface area contributed by atoms with E-state index in [2.05, 4.69) is 4.74 Å². The van der Waals surface area contributed by atoms with Gasteiger partial charge < -0.3 is 14.2 Å². The van der Waals surface area contributed by atoms with Crippen LogP contribution in [0.5, 0.6) is 0 Å². The molecule has 1 aliphatic heterocycles. The Kier molecular flexibility index (Phi) is 5.41. The molecule has 3 atom stereocenters. The molecule has 0 aromatic carbocycles. The molecule has 1 rings (SSSR count). The van der Waals surface area contributed by atoms with Crippen LogP contribution in [0.2, 0.25) is 0 Å². The summed E-state index contributed by atoms with van der Waals surface area (Å²) >= 11 is 0. The maximum absolute atomic E-state index is 11.5. The Morgan fingerprint density at radius 2 is 1.94 bits per heavy atom. The van der Waals surface area contributed by atoms with E-state index in [1.807, 2.05) is 13.8 Å². The normalized spacial score (nSPS) is 27.8. The van der Waals surface area contributed by atoms with Gasteiger partial charge in [-0.15, -0.1) is 0 Å². The first-order chi connectivity index (χ1) is 8.06. The molecule has 98 valence electrons. The molecule has 1 heterocycles. The van der Waals surface area contributed by atoms with E-state index in [0.717, 1.165) is 12.8 Å². The van der Waals surface area contributed by atoms with Gasteiger partial charge in [-0.3, -0.25) is 9.59 Å². The van der Waals surface area contributed by atoms with E-state index < -0.39 is 5.97 Å². The van der Waals surface area contributed by atoms with Gasteiger partial charge in [-0.25, -0.2) is 0 Å². The van der Waals surface area contributed by atoms with Crippen molar-refractivity contribution >= 4 is 11.9 Å². The van der Waals surface area contributed by atoms with Gasteiger partial charge >= 0.3 is 11.9 Å². The first kappa shape index (κ1) is 14.0. The second-order valence-corrected chi connectivity index (χ2v) is 4.23. The van der Waals surface area contributed by atoms with Crippen LogP contribution in [0, 0.1) is 0 Å². The maximum atomic E-state index is 11.5. The fourth-order valence-corrected chi connectivity index (χ4v) is 1.94. The molecule has 1 saturated heterocycles. The zero-order valence-electron chi connectivity index (χ0n) is 10.6. The highest BCUT2D eigenvalue weighted by molar-refractivity contribution is 5.77. The number of hydrogen-bond donors (Lipinski definition) is 0. The van der Waals surface area contributed by atoms with Gasteiger partial charge in [-0.2, -0.15) is 0 Å². The minimum atomic E-state index is -0.398. The summed E-state index contributed by atoms with van der Waals surface area (Å²) in [5, 5.41) is 0. The average Bonchev–Trinajstić information content (AvgIpc) is 2.66. The van der Waals surface area contributed by atoms with E-state index in [4.69, 9.17) is 9.47 Å². The molecule has 0 aromatic heterocycles. The van der Waals surface area contributed by atoms with Crippen LogP contribution in [0.3, 0.4) is 0 Å². The molecular formula is C12H20O5. The zero-order valence-corrected chi connectivity index (χ0v) is 10.6. The van der Waals surface area contributed by atoms with Crippen LogP contribution >= 0.6 is 0 Å². The van der Waals surface area contributed by atoms with E-state index in [1.165, 1.54) is 7.11 Å². The summed E-state index contributed by atoms with van der Waals surface area (Å²) < 4.78 is 15.4. The fourth-order valence-electron chi connectivity index (χ4n) is 1.94. The summed E-state index contributed by atoms with van der Waals surface area (Å²) in [6.45, 7) is 3.96. The van der Waals surface area contributed by atoms with Crippen LogP contribution in [0.25, 0.3) is 0 Å². The Bertz CT molecular complexity index is 276. The Labute approximate surface area is 101 Å². The standard InChI is InChI=1S/C12H20O5/c1-4-9-10(7-8(2)16-9)17-12(14)6-5-11(13)15-3/h8-10H,4-7H2,1-3H3/t8-,9+,10+/m0/s1. The SMILES string of the molecule is CC[C@H]1O[C@@H](C)C[C@H]1OC(=O)CCC(=O)OC. The number of carbonyl (C=O) groups excluding carboxylic acids is 2. The fraction of sp³-hybridized carbons (Fsp3) is 0.833. The van der Waals surface area contributed by atoms with Gasteiger partial charge in [0.2, 0.25) is 0 Å². The summed E-state index contributed by atoms with van der Waals surface area (Å²) in [5.74, 6) is -0.762. The third-order valence-electron chi connectivity index (χ3n) is 2.83. The molecule has 5 heteroatoms. The topological polar surface area (TPSA) is 61.8 Å². The van der Waals surface area contributed by atoms with Crippen molar-refractivity contribution in [1.82, 2.24) is 0 Å². The lowest BCUT2D eigenvalue weighted by molar-refractivity contribution is -0.155. The van der Waals surface area contributed by atoms with E-state index in [0.29, 0.717) is 0 Å². The third kappa shape index (κ3) is 4.34. The molecule has 0 radical (unpaired) electrons. The monoisotopic (exact) mass is 244 g/mol. The second-order valence-electron chi connectivity index (χ2n) is 4.23. The number of esters is 2. The van der Waals surface area contributed by atoms with Gasteiger partial charge in [0.25, 0.3) is 0 Å². The Hall–Kier alpha value is -1.10. The predicted molar refractivity (Wildman–Crippen MR) is 60.4 cm³/mol. The van der Waals surface area contributed by atoms with Crippen LogP contribution < -0.4 is 0 Å². The van der Waals surface area contributed by atoms with Gasteiger partial charge in [0.1, 0.15) is 6.10 Å². The average molecular weight is 244 g/mol. The minimum absolute atomic E-state index is 0.0212. The van der Waals surface area contributed by atoms with Crippen molar-refractivity contribution in [1.29, 1.82) is 0 Å². The van der Waals surface area contributed by atoms with Crippen LogP contribution in [0.1, 0.15) is 39.5 Å². The molecule has 5 nitrogen and oxygen atoms in total. The molecule has 0 saturated carbocycles. The van der Waals surface area contributed by atoms with Crippen LogP contribution in [0.4, 0.5) is 0 Å². The van der Waals surface area contributed by atoms with E-state index in [-0.39, 0.29) is 37.1 Å². The van der Waals surface area contributed by atoms with Crippen LogP contribution in [0.15, 0.2) is 0 Å². The molecule has 0 amide bonds. The van der Waals surface area contributed by atoms with Crippen molar-refractivity contribution in [2.45, 2.75) is 57.8 Å². The number of ether oxygens (including phenoxy) is 3. The lowest BCUT2D eigenvalue weighted by Gasteiger charge is -2.17. The summed E-state index contributed by atoms with van der Waals surface area (Å²) in [5.41, 5.74) is 0. The molecule has 1 aliphatic rings. The van der Waals surface area contributed by atoms with Gasteiger partial charge in [-0.1, -0.05) is 6.92 Å². The Morgan fingerprint density at radius 3 is 2.53 bits per heavy atom. The van der Waals surface area contributed by atoms with Gasteiger partial charge in [0.05, 0.1) is 32.2 Å². The van der Waals surface area contributed by atoms with Crippen molar-refractivity contribution in [3.8, 4) is 0 Å². The largest absolute Gasteiger partial charge is 0.469 e. The van der Waals surface area contributed by atoms with E-state index in [9.17, 15) is 9.59 Å². The van der Waals surface area contributed by atoms with Crippen LogP contribution in [-0.2, 0) is 23.8 Å². The van der Waals surface area contributed by atoms with Crippen molar-refractivity contribution < 1.29 is 23.8 Å². The van der Waals surface area contributed by atoms with Crippen molar-refractivity contribution in [3.63, 3.8) is 0 Å². The van der Waals surface area contributed by atoms with Crippen LogP contribution in [-0.4, -0.2) is 37.4 Å². The smallest absolute Gasteiger partial charge is 0.306 e. The maximum Gasteiger partial charge on any atom is 0.306 e. The van der Waals surface area contributed by atoms with Gasteiger partial charge in [0.15, 0.2) is 0 Å². The predicted octanol–water partition coefficient (Wildman–Crippen LogP) is 1.44. The first-order valence-corrected chi connectivity index (χ1v) is 5.98. The van der Waals surface area contributed by atoms with E-state index in [1.54, 1.807) is 0 Å². The van der Waals surface area contributed by atoms with E-state index >= 15 is 0 Å². The Morgan fingerprint density at radius 1 is 1.29 bits per heavy atom. The van der Waals surface area contributed by atoms with Gasteiger partial charge in [-0.05, 0) is 13.3 Å². The highest BCUT2D eigenvalue weighted by Gasteiger charge is 2.34. The molecule has 0 bridgehead atoms. The second kappa shape index (κ2) is 6.59. The lowest BCUT2D eigenvalue weighted by Crippen LogP contribution is -2.26. The zero-order chi connectivity index (χ0) is 12.8. The molecule has 0 aliphatic carbocycles. The van der Waals surface area contributed by atoms with Gasteiger partial charge in [0, 0.05) is 6.42 Å². The summed E-state index contributed by atoms with van der Waals surface area (Å²) in [6.07, 6.45) is 1.59. The number of rotatable bonds is 5. The highest BCUT2D eigenvalue weighted by atomic mass is 16.6. The molecule has 1 fully saturated rings. The third-order valence-corrected chi connectivity index (χ3v) is 2.83. The van der Waals surface area contributed by atoms with Crippen molar-refractivity contribution in [2.75, 3.05) is 7.11 Å². The van der Waals surface area contributed by atoms with Crippen molar-refractivity contribution in [2.24, 2.45) is 0 Å². The molecule has 0 unspecified atom stereocenters. The minimum Gasteiger partial charge on any atom is -0.469 e. The number of carbonyl (C=O) groups is 2. The lowest BCUT2D eigenvalue weighted by atomic mass is 10.1. The summed E-state index contributed by atoms with van der Waals surface area (Å²) in [7, 11) is 1.30. The molecule has 0 aromatic rings. The first-order valence-electron chi connectivity index (χ1n) is 5.98.